The minimum atomic E-state index is -0.0856. The molecule has 4 nitrogen and oxygen atoms in total. The molecule has 15 aromatic rings. The first-order chi connectivity index (χ1) is 32.5. The smallest absolute Gasteiger partial charge is 0.146 e. The van der Waals surface area contributed by atoms with Crippen LogP contribution in [0.4, 0.5) is 0 Å². The molecule has 0 saturated carbocycles. The SMILES string of the molecule is CC(C)(C)c1cc(-c2ccc3c(c2)c2ccccc2n3-c2ccccc2)c2c(c1)c1cc(C(C)(C)C)cc3c4cc5c(nc4n2c31)c1c2ccccc2cc2c3cc4ccccc4cc3n5c21. The summed E-state index contributed by atoms with van der Waals surface area (Å²) in [6, 6.07) is 64.0. The Morgan fingerprint density at radius 2 is 0.955 bits per heavy atom. The summed E-state index contributed by atoms with van der Waals surface area (Å²) in [5.41, 5.74) is 16.6. The molecule has 0 unspecified atom stereocenters. The summed E-state index contributed by atoms with van der Waals surface area (Å²) in [6.07, 6.45) is 0. The zero-order chi connectivity index (χ0) is 44.8. The minimum absolute atomic E-state index is 0.0759. The van der Waals surface area contributed by atoms with Crippen molar-refractivity contribution in [2.45, 2.75) is 52.4 Å². The fourth-order valence-electron chi connectivity index (χ4n) is 12.0. The van der Waals surface area contributed by atoms with Crippen molar-refractivity contribution in [3.8, 4) is 16.8 Å². The molecule has 6 heterocycles. The quantitative estimate of drug-likeness (QED) is 0.170. The van der Waals surface area contributed by atoms with Gasteiger partial charge < -0.3 is 8.97 Å². The molecule has 0 amide bonds. The predicted molar refractivity (Wildman–Crippen MR) is 286 cm³/mol. The molecule has 0 fully saturated rings. The van der Waals surface area contributed by atoms with Gasteiger partial charge in [-0.2, -0.15) is 0 Å². The number of hydrogen-bond acceptors (Lipinski definition) is 1. The lowest BCUT2D eigenvalue weighted by molar-refractivity contribution is 0.591. The molecular formula is C63H46N4. The van der Waals surface area contributed by atoms with Crippen LogP contribution in [-0.4, -0.2) is 18.4 Å². The molecule has 0 saturated heterocycles. The van der Waals surface area contributed by atoms with E-state index in [2.05, 4.69) is 225 Å². The van der Waals surface area contributed by atoms with Crippen LogP contribution in [0.25, 0.3) is 137 Å². The molecule has 0 bridgehead atoms. The van der Waals surface area contributed by atoms with Crippen LogP contribution in [0.2, 0.25) is 0 Å². The Morgan fingerprint density at radius 1 is 0.373 bits per heavy atom. The van der Waals surface area contributed by atoms with Crippen molar-refractivity contribution in [1.29, 1.82) is 0 Å². The van der Waals surface area contributed by atoms with Gasteiger partial charge >= 0.3 is 0 Å². The Morgan fingerprint density at radius 3 is 1.72 bits per heavy atom. The van der Waals surface area contributed by atoms with Gasteiger partial charge in [-0.25, -0.2) is 4.98 Å². The number of hydrogen-bond donors (Lipinski definition) is 0. The van der Waals surface area contributed by atoms with E-state index in [1.165, 1.54) is 131 Å². The van der Waals surface area contributed by atoms with Crippen molar-refractivity contribution in [2.75, 3.05) is 0 Å². The third-order valence-corrected chi connectivity index (χ3v) is 15.3. The molecule has 0 aliphatic heterocycles. The summed E-state index contributed by atoms with van der Waals surface area (Å²) in [5.74, 6) is 0. The minimum Gasteiger partial charge on any atom is -0.309 e. The molecule has 0 radical (unpaired) electrons. The van der Waals surface area contributed by atoms with Gasteiger partial charge in [-0.1, -0.05) is 133 Å². The summed E-state index contributed by atoms with van der Waals surface area (Å²) < 4.78 is 7.48. The zero-order valence-electron chi connectivity index (χ0n) is 38.5. The number of nitrogens with zero attached hydrogens (tertiary/aromatic N) is 4. The highest BCUT2D eigenvalue weighted by Gasteiger charge is 2.29. The third-order valence-electron chi connectivity index (χ3n) is 15.3. The normalized spacial score (nSPS) is 13.2. The highest BCUT2D eigenvalue weighted by atomic mass is 15.0. The van der Waals surface area contributed by atoms with Crippen LogP contribution in [-0.2, 0) is 10.8 Å². The van der Waals surface area contributed by atoms with Crippen molar-refractivity contribution in [3.05, 3.63) is 181 Å². The Bertz CT molecular complexity index is 4620. The van der Waals surface area contributed by atoms with Crippen LogP contribution < -0.4 is 0 Å². The Hall–Kier alpha value is -7.95. The van der Waals surface area contributed by atoms with Crippen LogP contribution in [0.1, 0.15) is 52.7 Å². The van der Waals surface area contributed by atoms with Crippen LogP contribution in [0, 0.1) is 0 Å². The van der Waals surface area contributed by atoms with Gasteiger partial charge in [0.15, 0.2) is 0 Å². The van der Waals surface area contributed by atoms with Crippen LogP contribution >= 0.6 is 0 Å². The average molecular weight is 859 g/mol. The van der Waals surface area contributed by atoms with Crippen molar-refractivity contribution < 1.29 is 0 Å². The van der Waals surface area contributed by atoms with Crippen LogP contribution in [0.5, 0.6) is 0 Å². The topological polar surface area (TPSA) is 26.6 Å². The van der Waals surface area contributed by atoms with Gasteiger partial charge in [-0.05, 0) is 128 Å². The molecule has 0 aliphatic carbocycles. The predicted octanol–water partition coefficient (Wildman–Crippen LogP) is 17.0. The number of aromatic nitrogens is 4. The van der Waals surface area contributed by atoms with Gasteiger partial charge in [0.25, 0.3) is 0 Å². The van der Waals surface area contributed by atoms with E-state index in [0.717, 1.165) is 16.7 Å². The lowest BCUT2D eigenvalue weighted by atomic mass is 9.83. The second-order valence-electron chi connectivity index (χ2n) is 21.2. The first kappa shape index (κ1) is 37.3. The fraction of sp³-hybridized carbons (Fsp3) is 0.127. The van der Waals surface area contributed by atoms with E-state index in [-0.39, 0.29) is 10.8 Å². The molecule has 6 aromatic heterocycles. The first-order valence-corrected chi connectivity index (χ1v) is 23.7. The lowest BCUT2D eigenvalue weighted by Crippen LogP contribution is -2.11. The van der Waals surface area contributed by atoms with Gasteiger partial charge in [0, 0.05) is 59.7 Å². The second kappa shape index (κ2) is 12.5. The number of pyridine rings is 1. The molecule has 318 valence electrons. The van der Waals surface area contributed by atoms with Crippen molar-refractivity contribution in [3.63, 3.8) is 0 Å². The Labute approximate surface area is 386 Å². The molecule has 0 aliphatic rings. The summed E-state index contributed by atoms with van der Waals surface area (Å²) in [5, 5.41) is 16.3. The van der Waals surface area contributed by atoms with E-state index in [9.17, 15) is 0 Å². The molecule has 0 spiro atoms. The highest BCUT2D eigenvalue weighted by molar-refractivity contribution is 6.33. The molecular weight excluding hydrogens is 813 g/mol. The summed E-state index contributed by atoms with van der Waals surface area (Å²) in [7, 11) is 0. The molecule has 15 rings (SSSR count). The van der Waals surface area contributed by atoms with E-state index < -0.39 is 0 Å². The Balaban J connectivity index is 1.13. The van der Waals surface area contributed by atoms with Crippen LogP contribution in [0.15, 0.2) is 170 Å². The van der Waals surface area contributed by atoms with E-state index in [1.54, 1.807) is 0 Å². The van der Waals surface area contributed by atoms with Gasteiger partial charge in [0.1, 0.15) is 5.65 Å². The van der Waals surface area contributed by atoms with Crippen molar-refractivity contribution in [2.24, 2.45) is 0 Å². The summed E-state index contributed by atoms with van der Waals surface area (Å²) >= 11 is 0. The van der Waals surface area contributed by atoms with E-state index in [4.69, 9.17) is 4.98 Å². The number of para-hydroxylation sites is 2. The highest BCUT2D eigenvalue weighted by Crippen LogP contribution is 2.49. The maximum atomic E-state index is 5.99. The van der Waals surface area contributed by atoms with Crippen LogP contribution in [0.3, 0.4) is 0 Å². The molecule has 4 heteroatoms. The second-order valence-corrected chi connectivity index (χ2v) is 21.2. The fourth-order valence-corrected chi connectivity index (χ4v) is 12.0. The molecule has 0 N–H and O–H groups in total. The maximum absolute atomic E-state index is 5.99. The molecule has 67 heavy (non-hydrogen) atoms. The number of fused-ring (bicyclic) bond motifs is 18. The van der Waals surface area contributed by atoms with Crippen molar-refractivity contribution >= 4 is 120 Å². The number of rotatable bonds is 2. The van der Waals surface area contributed by atoms with Gasteiger partial charge in [0.05, 0.1) is 44.1 Å². The first-order valence-electron chi connectivity index (χ1n) is 23.7. The standard InChI is InChI=1S/C63H46N4/c1-62(2,3)39-30-44(38-24-25-53-45(27-38)43-22-14-15-23-52(43)65(53)41-19-8-7-9-20-41)58-48(31-39)49-32-40(63(4,5)6)33-50-51-34-55-57(64-61(51)67(58)59(49)50)56-42-21-13-12-18-37(42)28-47-46-26-35-16-10-11-17-36(35)29-54(46)66(55)60(47)56/h7-34H,1-6H3. The largest absolute Gasteiger partial charge is 0.309 e. The monoisotopic (exact) mass is 858 g/mol. The molecule has 9 aromatic carbocycles. The van der Waals surface area contributed by atoms with E-state index in [0.29, 0.717) is 0 Å². The average Bonchev–Trinajstić information content (AvgIpc) is 4.11. The van der Waals surface area contributed by atoms with Gasteiger partial charge in [0.2, 0.25) is 0 Å². The van der Waals surface area contributed by atoms with Gasteiger partial charge in [-0.15, -0.1) is 0 Å². The maximum Gasteiger partial charge on any atom is 0.146 e. The summed E-state index contributed by atoms with van der Waals surface area (Å²) in [4.78, 5) is 5.99. The summed E-state index contributed by atoms with van der Waals surface area (Å²) in [6.45, 7) is 14.1. The lowest BCUT2D eigenvalue weighted by Gasteiger charge is -2.22. The van der Waals surface area contributed by atoms with E-state index in [1.807, 2.05) is 0 Å². The number of benzene rings is 9. The van der Waals surface area contributed by atoms with Crippen molar-refractivity contribution in [1.82, 2.24) is 18.4 Å². The van der Waals surface area contributed by atoms with Gasteiger partial charge in [-0.3, -0.25) is 4.40 Å². The Kier molecular flexibility index (Phi) is 6.94. The third kappa shape index (κ3) is 4.84. The zero-order valence-corrected chi connectivity index (χ0v) is 38.5. The van der Waals surface area contributed by atoms with E-state index >= 15 is 0 Å². The molecule has 0 atom stereocenters.